The second-order valence-electron chi connectivity index (χ2n) is 3.77. The van der Waals surface area contributed by atoms with E-state index in [0.29, 0.717) is 19.3 Å². The molecule has 1 aliphatic carbocycles. The Morgan fingerprint density at radius 2 is 2.00 bits per heavy atom. The van der Waals surface area contributed by atoms with E-state index in [0.717, 1.165) is 6.42 Å². The largest absolute Gasteiger partial charge is 0.496 e. The number of rotatable bonds is 2. The molecule has 6 heteroatoms. The lowest BCUT2D eigenvalue weighted by Gasteiger charge is -2.30. The van der Waals surface area contributed by atoms with E-state index < -0.39 is 14.3 Å². The van der Waals surface area contributed by atoms with Gasteiger partial charge in [0.2, 0.25) is 0 Å². The maximum absolute atomic E-state index is 11.2. The monoisotopic (exact) mass is 220 g/mol. The van der Waals surface area contributed by atoms with Gasteiger partial charge in [0.1, 0.15) is 0 Å². The maximum atomic E-state index is 11.2. The molecule has 0 spiro atoms. The number of methoxy groups -OCH3 is 1. The first-order valence-electron chi connectivity index (χ1n) is 4.70. The smallest absolute Gasteiger partial charge is 0.469 e. The molecule has 1 fully saturated rings. The van der Waals surface area contributed by atoms with Gasteiger partial charge in [-0.2, -0.15) is 0 Å². The number of carbonyl (C=O) groups excluding carboxylic acids is 1. The number of hydrogen-bond acceptors (Lipinski definition) is 5. The quantitative estimate of drug-likeness (QED) is 0.437. The van der Waals surface area contributed by atoms with Crippen LogP contribution in [0.4, 0.5) is 0 Å². The summed E-state index contributed by atoms with van der Waals surface area (Å²) in [6.45, 7) is 0. The molecular formula is C8H16O5Si. The lowest BCUT2D eigenvalue weighted by Crippen LogP contribution is -2.43. The van der Waals surface area contributed by atoms with Gasteiger partial charge in [-0.1, -0.05) is 6.42 Å². The van der Waals surface area contributed by atoms with E-state index in [4.69, 9.17) is 14.4 Å². The molecule has 3 N–H and O–H groups in total. The van der Waals surface area contributed by atoms with Crippen molar-refractivity contribution in [1.82, 2.24) is 0 Å². The van der Waals surface area contributed by atoms with Crippen molar-refractivity contribution < 1.29 is 23.9 Å². The highest BCUT2D eigenvalue weighted by molar-refractivity contribution is 6.58. The molecule has 14 heavy (non-hydrogen) atoms. The first-order valence-corrected chi connectivity index (χ1v) is 6.62. The molecule has 1 aliphatic rings. The van der Waals surface area contributed by atoms with Crippen LogP contribution in [-0.2, 0) is 9.53 Å². The van der Waals surface area contributed by atoms with E-state index in [2.05, 4.69) is 4.74 Å². The van der Waals surface area contributed by atoms with Gasteiger partial charge in [-0.3, -0.25) is 4.79 Å². The summed E-state index contributed by atoms with van der Waals surface area (Å²) in [4.78, 5) is 38.5. The van der Waals surface area contributed by atoms with Crippen LogP contribution in [0.25, 0.3) is 0 Å². The second kappa shape index (κ2) is 4.39. The van der Waals surface area contributed by atoms with Gasteiger partial charge >= 0.3 is 14.8 Å². The molecule has 0 amide bonds. The first-order chi connectivity index (χ1) is 6.45. The number of carbonyl (C=O) groups is 1. The average molecular weight is 220 g/mol. The number of ether oxygens (including phenoxy) is 1. The molecule has 0 aliphatic heterocycles. The topological polar surface area (TPSA) is 87.0 Å². The van der Waals surface area contributed by atoms with Crippen molar-refractivity contribution in [2.45, 2.75) is 31.2 Å². The van der Waals surface area contributed by atoms with Gasteiger partial charge < -0.3 is 19.1 Å². The van der Waals surface area contributed by atoms with Crippen molar-refractivity contribution >= 4 is 14.8 Å². The minimum Gasteiger partial charge on any atom is -0.469 e. The van der Waals surface area contributed by atoms with Gasteiger partial charge in [-0.05, 0) is 19.3 Å². The van der Waals surface area contributed by atoms with Crippen LogP contribution >= 0.6 is 0 Å². The predicted octanol–water partition coefficient (Wildman–Crippen LogP) is -0.364. The van der Waals surface area contributed by atoms with E-state index >= 15 is 0 Å². The van der Waals surface area contributed by atoms with E-state index in [1.807, 2.05) is 0 Å². The van der Waals surface area contributed by atoms with Crippen LogP contribution in [-0.4, -0.2) is 36.3 Å². The Kier molecular flexibility index (Phi) is 3.65. The molecule has 2 unspecified atom stereocenters. The fourth-order valence-corrected chi connectivity index (χ4v) is 3.11. The molecule has 0 radical (unpaired) electrons. The number of esters is 1. The Morgan fingerprint density at radius 3 is 2.50 bits per heavy atom. The zero-order chi connectivity index (χ0) is 10.8. The lowest BCUT2D eigenvalue weighted by molar-refractivity contribution is -0.146. The summed E-state index contributed by atoms with van der Waals surface area (Å²) >= 11 is 0. The normalized spacial score (nSPS) is 28.6. The second-order valence-corrected chi connectivity index (χ2v) is 5.96. The molecule has 0 aromatic rings. The summed E-state index contributed by atoms with van der Waals surface area (Å²) in [6.07, 6.45) is 2.32. The Hall–Kier alpha value is -0.433. The van der Waals surface area contributed by atoms with Crippen molar-refractivity contribution in [2.24, 2.45) is 5.92 Å². The molecule has 0 aromatic carbocycles. The molecule has 2 atom stereocenters. The van der Waals surface area contributed by atoms with Gasteiger partial charge in [0.25, 0.3) is 0 Å². The summed E-state index contributed by atoms with van der Waals surface area (Å²) in [5.41, 5.74) is -0.527. The SMILES string of the molecule is COC(=O)C1CCCC([Si](O)(O)O)C1. The van der Waals surface area contributed by atoms with E-state index in [-0.39, 0.29) is 11.9 Å². The van der Waals surface area contributed by atoms with Gasteiger partial charge in [0.05, 0.1) is 13.0 Å². The van der Waals surface area contributed by atoms with E-state index in [1.165, 1.54) is 7.11 Å². The third kappa shape index (κ3) is 2.78. The van der Waals surface area contributed by atoms with Crippen molar-refractivity contribution in [3.63, 3.8) is 0 Å². The molecule has 5 nitrogen and oxygen atoms in total. The Bertz CT molecular complexity index is 212. The van der Waals surface area contributed by atoms with Gasteiger partial charge in [-0.15, -0.1) is 0 Å². The zero-order valence-electron chi connectivity index (χ0n) is 8.14. The van der Waals surface area contributed by atoms with Crippen molar-refractivity contribution in [3.8, 4) is 0 Å². The summed E-state index contributed by atoms with van der Waals surface area (Å²) < 4.78 is 4.58. The highest BCUT2D eigenvalue weighted by Crippen LogP contribution is 2.37. The Morgan fingerprint density at radius 1 is 1.36 bits per heavy atom. The van der Waals surface area contributed by atoms with Crippen LogP contribution in [0.2, 0.25) is 5.54 Å². The van der Waals surface area contributed by atoms with Crippen LogP contribution in [0.1, 0.15) is 25.7 Å². The molecule has 1 saturated carbocycles. The summed E-state index contributed by atoms with van der Waals surface area (Å²) in [7, 11) is -2.75. The first kappa shape index (κ1) is 11.6. The summed E-state index contributed by atoms with van der Waals surface area (Å²) in [5, 5.41) is 0. The average Bonchev–Trinajstić information content (AvgIpc) is 2.15. The fraction of sp³-hybridized carbons (Fsp3) is 0.875. The zero-order valence-corrected chi connectivity index (χ0v) is 9.14. The molecule has 0 bridgehead atoms. The third-order valence-corrected chi connectivity index (χ3v) is 4.38. The van der Waals surface area contributed by atoms with Crippen LogP contribution in [0.5, 0.6) is 0 Å². The van der Waals surface area contributed by atoms with Crippen LogP contribution in [0, 0.1) is 5.92 Å². The molecule has 0 heterocycles. The lowest BCUT2D eigenvalue weighted by atomic mass is 9.89. The molecule has 1 rings (SSSR count). The maximum Gasteiger partial charge on any atom is 0.496 e. The Balaban J connectivity index is 2.56. The summed E-state index contributed by atoms with van der Waals surface area (Å²) in [6, 6.07) is 0. The summed E-state index contributed by atoms with van der Waals surface area (Å²) in [5.74, 6) is -0.620. The third-order valence-electron chi connectivity index (χ3n) is 2.76. The molecule has 0 aromatic heterocycles. The van der Waals surface area contributed by atoms with Gasteiger partial charge in [0.15, 0.2) is 0 Å². The Labute approximate surface area is 83.7 Å². The van der Waals surface area contributed by atoms with Crippen LogP contribution in [0.15, 0.2) is 0 Å². The standard InChI is InChI=1S/C8H16O5Si/c1-13-8(9)6-3-2-4-7(5-6)14(10,11)12/h6-7,10-12H,2-5H2,1H3. The molecular weight excluding hydrogens is 204 g/mol. The number of hydrogen-bond donors (Lipinski definition) is 3. The van der Waals surface area contributed by atoms with E-state index in [1.54, 1.807) is 0 Å². The van der Waals surface area contributed by atoms with Gasteiger partial charge in [0, 0.05) is 5.54 Å². The molecule has 82 valence electrons. The van der Waals surface area contributed by atoms with Crippen molar-refractivity contribution in [3.05, 3.63) is 0 Å². The van der Waals surface area contributed by atoms with Crippen LogP contribution < -0.4 is 0 Å². The predicted molar refractivity (Wildman–Crippen MR) is 50.1 cm³/mol. The minimum absolute atomic E-state index is 0.294. The van der Waals surface area contributed by atoms with Gasteiger partial charge in [-0.25, -0.2) is 0 Å². The van der Waals surface area contributed by atoms with Crippen molar-refractivity contribution in [2.75, 3.05) is 7.11 Å². The molecule has 0 saturated heterocycles. The minimum atomic E-state index is -4.06. The highest BCUT2D eigenvalue weighted by Gasteiger charge is 2.43. The fourth-order valence-electron chi connectivity index (χ4n) is 1.92. The van der Waals surface area contributed by atoms with E-state index in [9.17, 15) is 4.79 Å². The highest BCUT2D eigenvalue weighted by atomic mass is 28.4. The van der Waals surface area contributed by atoms with Crippen molar-refractivity contribution in [1.29, 1.82) is 0 Å². The van der Waals surface area contributed by atoms with Crippen LogP contribution in [0.3, 0.4) is 0 Å².